The number of H-pyrrole nitrogens is 1. The zero-order valence-corrected chi connectivity index (χ0v) is 19.6. The number of aliphatic hydroxyl groups excluding tert-OH is 1. The molecule has 1 aromatic rings. The summed E-state index contributed by atoms with van der Waals surface area (Å²) in [5.41, 5.74) is -1.99. The average Bonchev–Trinajstić information content (AvgIpc) is 3.16. The van der Waals surface area contributed by atoms with E-state index < -0.39 is 35.7 Å². The van der Waals surface area contributed by atoms with E-state index in [1.807, 2.05) is 0 Å². The van der Waals surface area contributed by atoms with Crippen molar-refractivity contribution >= 4 is 5.97 Å². The predicted molar refractivity (Wildman–Crippen MR) is 126 cm³/mol. The van der Waals surface area contributed by atoms with Crippen LogP contribution in [0.5, 0.6) is 0 Å². The van der Waals surface area contributed by atoms with Gasteiger partial charge in [-0.3, -0.25) is 19.1 Å². The molecule has 4 saturated carbocycles. The minimum Gasteiger partial charge on any atom is -0.463 e. The van der Waals surface area contributed by atoms with Gasteiger partial charge in [-0.05, 0) is 44.4 Å². The molecular formula is C27H28N2O6. The second-order valence-corrected chi connectivity index (χ2v) is 10.8. The van der Waals surface area contributed by atoms with Crippen molar-refractivity contribution in [1.82, 2.24) is 9.55 Å². The summed E-state index contributed by atoms with van der Waals surface area (Å²) < 4.78 is 11.9. The standard InChI is InChI=1S/C27H28N2O6/c1-4-25-9-18-10-26(5-2,14-25)16-27(11-18,15-25)7-6-19-12-29(24(33)28-23(19)32)22-8-20(31)21(35-22)13-34-17(3)30/h1-2,12,18,20-22,31H,8-11,13-16H2,3H3,(H,28,32,33)/t18?,20-,21+,22+,25?,26?,27?/m0/s1. The maximum atomic E-state index is 12.6. The minimum absolute atomic E-state index is 0.103. The van der Waals surface area contributed by atoms with Crippen LogP contribution in [-0.4, -0.2) is 39.4 Å². The van der Waals surface area contributed by atoms with Crippen molar-refractivity contribution in [3.8, 4) is 36.5 Å². The summed E-state index contributed by atoms with van der Waals surface area (Å²) in [6, 6.07) is 0. The Morgan fingerprint density at radius 1 is 1.20 bits per heavy atom. The summed E-state index contributed by atoms with van der Waals surface area (Å²) in [6.07, 6.45) is 16.1. The third-order valence-corrected chi connectivity index (χ3v) is 8.08. The highest BCUT2D eigenvalue weighted by atomic mass is 16.6. The van der Waals surface area contributed by atoms with E-state index in [0.717, 1.165) is 38.5 Å². The molecule has 5 fully saturated rings. The molecule has 8 heteroatoms. The van der Waals surface area contributed by atoms with Crippen LogP contribution < -0.4 is 11.2 Å². The Kier molecular flexibility index (Phi) is 5.48. The molecule has 35 heavy (non-hydrogen) atoms. The predicted octanol–water partition coefficient (Wildman–Crippen LogP) is 1.32. The molecule has 182 valence electrons. The monoisotopic (exact) mass is 476 g/mol. The number of nitrogens with one attached hydrogen (secondary N) is 1. The Morgan fingerprint density at radius 2 is 1.83 bits per heavy atom. The smallest absolute Gasteiger partial charge is 0.330 e. The molecule has 0 amide bonds. The normalized spacial score (nSPS) is 38.7. The number of hydrogen-bond acceptors (Lipinski definition) is 6. The van der Waals surface area contributed by atoms with Crippen molar-refractivity contribution < 1.29 is 19.4 Å². The molecule has 4 aliphatic carbocycles. The van der Waals surface area contributed by atoms with Crippen molar-refractivity contribution in [2.45, 2.75) is 70.3 Å². The van der Waals surface area contributed by atoms with Gasteiger partial charge >= 0.3 is 11.7 Å². The maximum Gasteiger partial charge on any atom is 0.330 e. The lowest BCUT2D eigenvalue weighted by Gasteiger charge is -2.62. The zero-order valence-electron chi connectivity index (χ0n) is 19.6. The van der Waals surface area contributed by atoms with Gasteiger partial charge in [0.25, 0.3) is 5.56 Å². The van der Waals surface area contributed by atoms with Gasteiger partial charge in [-0.2, -0.15) is 0 Å². The highest BCUT2D eigenvalue weighted by Gasteiger charge is 2.62. The summed E-state index contributed by atoms with van der Waals surface area (Å²) in [5.74, 6) is 12.4. The first kappa shape index (κ1) is 23.5. The lowest BCUT2D eigenvalue weighted by Crippen LogP contribution is -2.55. The molecule has 5 atom stereocenters. The molecule has 2 N–H and O–H groups in total. The number of nitrogens with zero attached hydrogens (tertiary/aromatic N) is 1. The number of rotatable bonds is 3. The topological polar surface area (TPSA) is 111 Å². The lowest BCUT2D eigenvalue weighted by molar-refractivity contribution is -0.147. The van der Waals surface area contributed by atoms with Gasteiger partial charge in [-0.25, -0.2) is 4.79 Å². The van der Waals surface area contributed by atoms with Gasteiger partial charge in [0.1, 0.15) is 24.5 Å². The van der Waals surface area contributed by atoms with Crippen molar-refractivity contribution in [2.24, 2.45) is 22.2 Å². The third-order valence-electron chi connectivity index (χ3n) is 8.08. The molecule has 4 bridgehead atoms. The number of carbonyl (C=O) groups excluding carboxylic acids is 1. The van der Waals surface area contributed by atoms with E-state index in [-0.39, 0.29) is 34.8 Å². The molecule has 0 aromatic carbocycles. The Labute approximate surface area is 203 Å². The number of carbonyl (C=O) groups is 1. The van der Waals surface area contributed by atoms with Gasteiger partial charge < -0.3 is 14.6 Å². The van der Waals surface area contributed by atoms with Gasteiger partial charge in [0, 0.05) is 35.8 Å². The first-order chi connectivity index (χ1) is 16.6. The molecule has 1 saturated heterocycles. The van der Waals surface area contributed by atoms with Crippen molar-refractivity contribution in [1.29, 1.82) is 0 Å². The number of ether oxygens (including phenoxy) is 2. The van der Waals surface area contributed by atoms with E-state index in [4.69, 9.17) is 22.3 Å². The van der Waals surface area contributed by atoms with Crippen molar-refractivity contribution in [3.05, 3.63) is 32.6 Å². The fourth-order valence-corrected chi connectivity index (χ4v) is 7.12. The second kappa shape index (κ2) is 8.16. The van der Waals surface area contributed by atoms with Gasteiger partial charge in [-0.1, -0.05) is 23.7 Å². The second-order valence-electron chi connectivity index (χ2n) is 10.8. The Hall–Kier alpha value is -3.25. The summed E-state index contributed by atoms with van der Waals surface area (Å²) >= 11 is 0. The maximum absolute atomic E-state index is 12.6. The SMILES string of the molecule is C#CC12CC3CC(C#C)(C1)CC(C#Cc1cn([C@H]4C[C@H](O)[C@@H](COC(C)=O)O4)c(=O)[nH]c1=O)(C3)C2. The number of hydrogen-bond donors (Lipinski definition) is 2. The molecule has 1 aromatic heterocycles. The van der Waals surface area contributed by atoms with Gasteiger partial charge in [0.15, 0.2) is 0 Å². The fourth-order valence-electron chi connectivity index (χ4n) is 7.12. The summed E-state index contributed by atoms with van der Waals surface area (Å²) in [5, 5.41) is 10.3. The molecular weight excluding hydrogens is 448 g/mol. The number of esters is 1. The molecule has 1 aliphatic heterocycles. The first-order valence-corrected chi connectivity index (χ1v) is 11.9. The van der Waals surface area contributed by atoms with Crippen LogP contribution in [0.2, 0.25) is 0 Å². The molecule has 5 aliphatic rings. The van der Waals surface area contributed by atoms with Crippen LogP contribution in [0.15, 0.2) is 15.8 Å². The number of terminal acetylenes is 2. The third kappa shape index (κ3) is 4.10. The first-order valence-electron chi connectivity index (χ1n) is 11.9. The highest BCUT2D eigenvalue weighted by Crippen LogP contribution is 2.69. The lowest BCUT2D eigenvalue weighted by atomic mass is 9.40. The Bertz CT molecular complexity index is 1300. The molecule has 0 spiro atoms. The number of aromatic amines is 1. The molecule has 2 unspecified atom stereocenters. The summed E-state index contributed by atoms with van der Waals surface area (Å²) in [4.78, 5) is 38.5. The largest absolute Gasteiger partial charge is 0.463 e. The number of aromatic nitrogens is 2. The van der Waals surface area contributed by atoms with E-state index in [1.54, 1.807) is 0 Å². The van der Waals surface area contributed by atoms with Crippen LogP contribution in [0.1, 0.15) is 63.7 Å². The van der Waals surface area contributed by atoms with E-state index in [1.165, 1.54) is 17.7 Å². The summed E-state index contributed by atoms with van der Waals surface area (Å²) in [6.45, 7) is 1.13. The Balaban J connectivity index is 1.44. The van der Waals surface area contributed by atoms with Crippen molar-refractivity contribution in [2.75, 3.05) is 6.61 Å². The van der Waals surface area contributed by atoms with Gasteiger partial charge in [-0.15, -0.1) is 12.8 Å². The summed E-state index contributed by atoms with van der Waals surface area (Å²) in [7, 11) is 0. The van der Waals surface area contributed by atoms with Crippen LogP contribution in [0, 0.1) is 58.7 Å². The molecule has 8 nitrogen and oxygen atoms in total. The van der Waals surface area contributed by atoms with Crippen LogP contribution in [0.4, 0.5) is 0 Å². The average molecular weight is 477 g/mol. The van der Waals surface area contributed by atoms with Crippen LogP contribution >= 0.6 is 0 Å². The van der Waals surface area contributed by atoms with E-state index in [2.05, 4.69) is 28.7 Å². The molecule has 2 heterocycles. The Morgan fingerprint density at radius 3 is 2.46 bits per heavy atom. The van der Waals surface area contributed by atoms with Gasteiger partial charge in [0.2, 0.25) is 0 Å². The van der Waals surface area contributed by atoms with Crippen molar-refractivity contribution in [3.63, 3.8) is 0 Å². The van der Waals surface area contributed by atoms with Crippen LogP contribution in [-0.2, 0) is 14.3 Å². The number of aliphatic hydroxyl groups is 1. The van der Waals surface area contributed by atoms with E-state index in [0.29, 0.717) is 5.92 Å². The van der Waals surface area contributed by atoms with E-state index >= 15 is 0 Å². The van der Waals surface area contributed by atoms with E-state index in [9.17, 15) is 19.5 Å². The van der Waals surface area contributed by atoms with Crippen LogP contribution in [0.3, 0.4) is 0 Å². The highest BCUT2D eigenvalue weighted by molar-refractivity contribution is 5.65. The van der Waals surface area contributed by atoms with Gasteiger partial charge in [0.05, 0.1) is 6.10 Å². The zero-order chi connectivity index (χ0) is 25.0. The molecule has 6 rings (SSSR count). The fraction of sp³-hybridized carbons (Fsp3) is 0.593. The molecule has 0 radical (unpaired) electrons. The van der Waals surface area contributed by atoms with Crippen LogP contribution in [0.25, 0.3) is 0 Å². The quantitative estimate of drug-likeness (QED) is 0.503. The minimum atomic E-state index is -0.931.